The summed E-state index contributed by atoms with van der Waals surface area (Å²) >= 11 is 1.40. The van der Waals surface area contributed by atoms with Crippen LogP contribution in [0, 0.1) is 12.7 Å². The highest BCUT2D eigenvalue weighted by Gasteiger charge is 2.39. The number of aromatic nitrogens is 1. The van der Waals surface area contributed by atoms with Gasteiger partial charge in [-0.2, -0.15) is 0 Å². The lowest BCUT2D eigenvalue weighted by Gasteiger charge is -2.48. The van der Waals surface area contributed by atoms with Crippen LogP contribution in [0.1, 0.15) is 71.0 Å². The van der Waals surface area contributed by atoms with Gasteiger partial charge in [0.1, 0.15) is 11.4 Å². The van der Waals surface area contributed by atoms with Crippen molar-refractivity contribution in [3.8, 4) is 0 Å². The SMILES string of the molecule is CC[C@H]1CN(C(C)c2ccc3nc(C)sc3c2F)[C@H](CC)CN1C(=O)OC(C)(C)C. The second-order valence-electron chi connectivity index (χ2n) is 9.18. The molecule has 1 saturated heterocycles. The standard InChI is InChI=1S/C23H34FN3O2S/c1-8-16-13-27(22(28)29-23(5,6)7)17(9-2)12-26(16)14(3)18-10-11-19-21(20(18)24)30-15(4)25-19/h10-11,14,16-17H,8-9,12-13H2,1-7H3/t14?,16-,17+/m1/s1. The zero-order valence-corrected chi connectivity index (χ0v) is 20.0. The van der Waals surface area contributed by atoms with Crippen LogP contribution in [0.15, 0.2) is 12.1 Å². The molecular formula is C23H34FN3O2S. The van der Waals surface area contributed by atoms with Gasteiger partial charge in [-0.15, -0.1) is 11.3 Å². The van der Waals surface area contributed by atoms with Gasteiger partial charge in [0.05, 0.1) is 15.2 Å². The Morgan fingerprint density at radius 3 is 2.53 bits per heavy atom. The summed E-state index contributed by atoms with van der Waals surface area (Å²) in [6, 6.07) is 3.89. The fraction of sp³-hybridized carbons (Fsp3) is 0.652. The lowest BCUT2D eigenvalue weighted by Crippen LogP contribution is -2.60. The van der Waals surface area contributed by atoms with Crippen molar-refractivity contribution in [3.05, 3.63) is 28.5 Å². The molecule has 1 aliphatic heterocycles. The molecule has 2 heterocycles. The molecule has 0 aliphatic carbocycles. The lowest BCUT2D eigenvalue weighted by atomic mass is 9.97. The molecule has 1 aromatic heterocycles. The molecule has 1 aromatic carbocycles. The minimum atomic E-state index is -0.521. The average Bonchev–Trinajstić information content (AvgIpc) is 3.06. The second-order valence-corrected chi connectivity index (χ2v) is 10.4. The van der Waals surface area contributed by atoms with Crippen LogP contribution >= 0.6 is 11.3 Å². The van der Waals surface area contributed by atoms with E-state index >= 15 is 4.39 Å². The van der Waals surface area contributed by atoms with Crippen molar-refractivity contribution in [3.63, 3.8) is 0 Å². The largest absolute Gasteiger partial charge is 0.444 e. The molecule has 0 N–H and O–H groups in total. The van der Waals surface area contributed by atoms with Gasteiger partial charge in [-0.3, -0.25) is 4.90 Å². The molecule has 0 saturated carbocycles. The zero-order valence-electron chi connectivity index (χ0n) is 19.2. The first-order chi connectivity index (χ1) is 14.1. The van der Waals surface area contributed by atoms with Crippen LogP contribution in [0.2, 0.25) is 0 Å². The van der Waals surface area contributed by atoms with E-state index in [0.29, 0.717) is 23.4 Å². The third kappa shape index (κ3) is 4.62. The Hall–Kier alpha value is -1.73. The Kier molecular flexibility index (Phi) is 6.72. The maximum atomic E-state index is 15.3. The van der Waals surface area contributed by atoms with Crippen LogP contribution in [0.5, 0.6) is 0 Å². The highest BCUT2D eigenvalue weighted by molar-refractivity contribution is 7.18. The van der Waals surface area contributed by atoms with Gasteiger partial charge in [0.2, 0.25) is 0 Å². The number of carbonyl (C=O) groups is 1. The number of fused-ring (bicyclic) bond motifs is 1. The minimum absolute atomic E-state index is 0.0440. The first kappa shape index (κ1) is 22.9. The molecule has 1 fully saturated rings. The first-order valence-corrected chi connectivity index (χ1v) is 11.7. The number of aryl methyl sites for hydroxylation is 1. The predicted molar refractivity (Wildman–Crippen MR) is 121 cm³/mol. The van der Waals surface area contributed by atoms with E-state index in [1.165, 1.54) is 11.3 Å². The van der Waals surface area contributed by atoms with Crippen LogP contribution in [-0.2, 0) is 4.74 Å². The summed E-state index contributed by atoms with van der Waals surface area (Å²) < 4.78 is 21.6. The number of nitrogens with zero attached hydrogens (tertiary/aromatic N) is 3. The van der Waals surface area contributed by atoms with Crippen molar-refractivity contribution >= 4 is 27.6 Å². The topological polar surface area (TPSA) is 45.7 Å². The third-order valence-electron chi connectivity index (χ3n) is 5.89. The summed E-state index contributed by atoms with van der Waals surface area (Å²) in [5.74, 6) is -0.164. The summed E-state index contributed by atoms with van der Waals surface area (Å²) in [6.07, 6.45) is 1.45. The van der Waals surface area contributed by atoms with E-state index in [1.54, 1.807) is 0 Å². The van der Waals surface area contributed by atoms with E-state index in [-0.39, 0.29) is 30.0 Å². The third-order valence-corrected chi connectivity index (χ3v) is 6.87. The molecule has 1 aliphatic rings. The highest BCUT2D eigenvalue weighted by atomic mass is 32.1. The lowest BCUT2D eigenvalue weighted by molar-refractivity contribution is -0.0271. The quantitative estimate of drug-likeness (QED) is 0.598. The number of amides is 1. The van der Waals surface area contributed by atoms with Gasteiger partial charge in [-0.05, 0) is 53.5 Å². The van der Waals surface area contributed by atoms with Gasteiger partial charge in [-0.25, -0.2) is 14.2 Å². The van der Waals surface area contributed by atoms with Crippen LogP contribution in [-0.4, -0.2) is 51.7 Å². The molecule has 0 spiro atoms. The van der Waals surface area contributed by atoms with Crippen LogP contribution in [0.3, 0.4) is 0 Å². The Bertz CT molecular complexity index is 908. The van der Waals surface area contributed by atoms with Gasteiger partial charge in [-0.1, -0.05) is 19.9 Å². The fourth-order valence-electron chi connectivity index (χ4n) is 4.29. The molecule has 1 amide bonds. The molecule has 0 radical (unpaired) electrons. The second kappa shape index (κ2) is 8.79. The summed E-state index contributed by atoms with van der Waals surface area (Å²) in [5.41, 5.74) is 0.900. The number of rotatable bonds is 4. The van der Waals surface area contributed by atoms with E-state index < -0.39 is 5.60 Å². The number of hydrogen-bond donors (Lipinski definition) is 0. The normalized spacial score (nSPS) is 21.8. The van der Waals surface area contributed by atoms with Crippen molar-refractivity contribution < 1.29 is 13.9 Å². The van der Waals surface area contributed by atoms with Gasteiger partial charge in [0.25, 0.3) is 0 Å². The van der Waals surface area contributed by atoms with Gasteiger partial charge in [0, 0.05) is 36.8 Å². The van der Waals surface area contributed by atoms with Gasteiger partial charge >= 0.3 is 6.09 Å². The summed E-state index contributed by atoms with van der Waals surface area (Å²) in [4.78, 5) is 21.4. The maximum Gasteiger partial charge on any atom is 0.410 e. The average molecular weight is 436 g/mol. The van der Waals surface area contributed by atoms with Crippen LogP contribution in [0.4, 0.5) is 9.18 Å². The Balaban J connectivity index is 1.87. The van der Waals surface area contributed by atoms with E-state index in [9.17, 15) is 4.79 Å². The van der Waals surface area contributed by atoms with E-state index in [1.807, 2.05) is 44.7 Å². The zero-order chi connectivity index (χ0) is 22.2. The molecule has 3 atom stereocenters. The van der Waals surface area contributed by atoms with E-state index in [2.05, 4.69) is 30.7 Å². The smallest absolute Gasteiger partial charge is 0.410 e. The van der Waals surface area contributed by atoms with Gasteiger partial charge < -0.3 is 9.64 Å². The Morgan fingerprint density at radius 2 is 1.93 bits per heavy atom. The van der Waals surface area contributed by atoms with Crippen molar-refractivity contribution in [2.45, 2.75) is 85.0 Å². The Labute approximate surface area is 183 Å². The van der Waals surface area contributed by atoms with E-state index in [0.717, 1.165) is 23.4 Å². The number of ether oxygens (including phenoxy) is 1. The maximum absolute atomic E-state index is 15.3. The van der Waals surface area contributed by atoms with Gasteiger partial charge in [0.15, 0.2) is 0 Å². The first-order valence-electron chi connectivity index (χ1n) is 10.9. The summed E-state index contributed by atoms with van der Waals surface area (Å²) in [5, 5.41) is 0.872. The number of piperazine rings is 1. The summed E-state index contributed by atoms with van der Waals surface area (Å²) in [6.45, 7) is 15.1. The molecule has 166 valence electrons. The number of halogens is 1. The number of benzene rings is 1. The van der Waals surface area contributed by atoms with E-state index in [4.69, 9.17) is 4.74 Å². The molecule has 7 heteroatoms. The van der Waals surface area contributed by atoms with Crippen molar-refractivity contribution in [1.82, 2.24) is 14.8 Å². The fourth-order valence-corrected chi connectivity index (χ4v) is 5.16. The summed E-state index contributed by atoms with van der Waals surface area (Å²) in [7, 11) is 0. The highest BCUT2D eigenvalue weighted by Crippen LogP contribution is 2.35. The van der Waals surface area contributed by atoms with Crippen LogP contribution in [0.25, 0.3) is 10.2 Å². The molecule has 0 bridgehead atoms. The molecule has 2 aromatic rings. The number of hydrogen-bond acceptors (Lipinski definition) is 5. The Morgan fingerprint density at radius 1 is 1.27 bits per heavy atom. The van der Waals surface area contributed by atoms with Crippen LogP contribution < -0.4 is 0 Å². The molecule has 3 rings (SSSR count). The number of thiazole rings is 1. The van der Waals surface area contributed by atoms with Crippen molar-refractivity contribution in [2.75, 3.05) is 13.1 Å². The molecular weight excluding hydrogens is 401 g/mol. The van der Waals surface area contributed by atoms with Crippen molar-refractivity contribution in [2.24, 2.45) is 0 Å². The molecule has 5 nitrogen and oxygen atoms in total. The minimum Gasteiger partial charge on any atom is -0.444 e. The monoisotopic (exact) mass is 435 g/mol. The molecule has 30 heavy (non-hydrogen) atoms. The predicted octanol–water partition coefficient (Wildman–Crippen LogP) is 5.91. The molecule has 1 unspecified atom stereocenters. The van der Waals surface area contributed by atoms with Crippen molar-refractivity contribution in [1.29, 1.82) is 0 Å². The number of carbonyl (C=O) groups excluding carboxylic acids is 1.